The van der Waals surface area contributed by atoms with Crippen LogP contribution >= 0.6 is 0 Å². The van der Waals surface area contributed by atoms with Gasteiger partial charge in [-0.05, 0) is 89.9 Å². The largest absolute Gasteiger partial charge is 0.394 e. The van der Waals surface area contributed by atoms with E-state index in [-0.39, 0.29) is 12.5 Å². The van der Waals surface area contributed by atoms with Crippen LogP contribution in [-0.2, 0) is 14.3 Å². The van der Waals surface area contributed by atoms with E-state index in [4.69, 9.17) is 9.47 Å². The first kappa shape index (κ1) is 79.6. The van der Waals surface area contributed by atoms with E-state index in [1.165, 1.54) is 167 Å². The van der Waals surface area contributed by atoms with Crippen molar-refractivity contribution >= 4 is 5.91 Å². The Bertz CT molecular complexity index is 1760. The lowest BCUT2D eigenvalue weighted by molar-refractivity contribution is -0.302. The fourth-order valence-electron chi connectivity index (χ4n) is 10.6. The third kappa shape index (κ3) is 52.3. The second-order valence-corrected chi connectivity index (χ2v) is 23.9. The minimum atomic E-state index is -1.57. The van der Waals surface area contributed by atoms with E-state index in [0.29, 0.717) is 19.3 Å². The normalized spacial score (nSPS) is 18.9. The van der Waals surface area contributed by atoms with Gasteiger partial charge >= 0.3 is 0 Å². The molecule has 1 saturated heterocycles. The Morgan fingerprint density at radius 2 is 0.729 bits per heavy atom. The molecule has 0 aromatic heterocycles. The molecule has 6 N–H and O–H groups in total. The molecule has 1 fully saturated rings. The highest BCUT2D eigenvalue weighted by atomic mass is 16.7. The molecule has 1 amide bonds. The molecule has 1 heterocycles. The lowest BCUT2D eigenvalue weighted by Crippen LogP contribution is -2.60. The van der Waals surface area contributed by atoms with Crippen molar-refractivity contribution in [1.29, 1.82) is 0 Å². The van der Waals surface area contributed by atoms with Gasteiger partial charge in [-0.25, -0.2) is 0 Å². The number of unbranched alkanes of at least 4 members (excludes halogenated alkanes) is 30. The molecule has 1 aliphatic heterocycles. The van der Waals surface area contributed by atoms with E-state index >= 15 is 0 Å². The highest BCUT2D eigenvalue weighted by Gasteiger charge is 2.44. The Hall–Kier alpha value is -3.41. The third-order valence-electron chi connectivity index (χ3n) is 16.1. The van der Waals surface area contributed by atoms with Crippen LogP contribution in [0, 0.1) is 0 Å². The van der Waals surface area contributed by atoms with E-state index in [9.17, 15) is 30.3 Å². The van der Waals surface area contributed by atoms with Crippen LogP contribution in [0.4, 0.5) is 0 Å². The predicted molar refractivity (Wildman–Crippen MR) is 364 cm³/mol. The molecule has 0 spiro atoms. The average Bonchev–Trinajstić information content (AvgIpc) is 3.68. The van der Waals surface area contributed by atoms with Crippen LogP contribution in [0.2, 0.25) is 0 Å². The fraction of sp³-hybridized carbons (Fsp3) is 0.724. The quantitative estimate of drug-likeness (QED) is 0.0261. The summed E-state index contributed by atoms with van der Waals surface area (Å²) in [6.45, 7) is 3.72. The molecule has 0 aliphatic carbocycles. The fourth-order valence-corrected chi connectivity index (χ4v) is 10.6. The van der Waals surface area contributed by atoms with Crippen molar-refractivity contribution in [2.24, 2.45) is 0 Å². The van der Waals surface area contributed by atoms with Gasteiger partial charge in [-0.2, -0.15) is 0 Å². The highest BCUT2D eigenvalue weighted by Crippen LogP contribution is 2.23. The van der Waals surface area contributed by atoms with Crippen molar-refractivity contribution in [1.82, 2.24) is 5.32 Å². The summed E-state index contributed by atoms with van der Waals surface area (Å²) in [5.74, 6) is -0.188. The molecule has 0 aromatic rings. The van der Waals surface area contributed by atoms with E-state index in [2.05, 4.69) is 141 Å². The summed E-state index contributed by atoms with van der Waals surface area (Å²) in [7, 11) is 0. The van der Waals surface area contributed by atoms with Crippen molar-refractivity contribution in [2.75, 3.05) is 13.2 Å². The second kappa shape index (κ2) is 63.6. The summed E-state index contributed by atoms with van der Waals surface area (Å²) in [5.41, 5.74) is 0. The molecule has 9 heteroatoms. The molecule has 0 saturated carbocycles. The van der Waals surface area contributed by atoms with Crippen molar-refractivity contribution < 1.29 is 39.8 Å². The molecule has 7 atom stereocenters. The van der Waals surface area contributed by atoms with Gasteiger partial charge in [0, 0.05) is 6.42 Å². The average molecular weight is 1190 g/mol. The maximum absolute atomic E-state index is 13.1. The van der Waals surface area contributed by atoms with E-state index < -0.39 is 49.5 Å². The molecule has 1 rings (SSSR count). The number of amides is 1. The number of carbonyl (C=O) groups is 1. The van der Waals surface area contributed by atoms with Gasteiger partial charge in [-0.3, -0.25) is 4.79 Å². The van der Waals surface area contributed by atoms with Crippen LogP contribution in [-0.4, -0.2) is 87.5 Å². The number of rotatable bonds is 60. The topological polar surface area (TPSA) is 149 Å². The number of ether oxygens (including phenoxy) is 2. The van der Waals surface area contributed by atoms with E-state index in [0.717, 1.165) is 96.3 Å². The van der Waals surface area contributed by atoms with Crippen LogP contribution < -0.4 is 5.32 Å². The summed E-state index contributed by atoms with van der Waals surface area (Å²) in [4.78, 5) is 13.1. The standard InChI is InChI=1S/C76H131NO8/c1-3-5-7-9-11-13-15-17-19-21-23-25-27-29-31-33-34-35-36-38-40-42-44-46-48-50-52-54-56-58-60-62-64-66-72(80)77-69(68-84-76-75(83)74(82)73(81)71(67-78)85-76)70(79)65-63-61-59-57-55-53-51-49-47-45-43-41-39-37-32-30-28-26-24-22-20-18-16-14-12-10-8-6-4-2/h5,7,11,13,17,19,23,25,29,31,34-35,38,40,44,46,50,52,56,58,69-71,73-76,78-79,81-83H,3-4,6,8-10,12,14-16,18,20-22,24,26-28,30,32-33,36-37,39,41-43,45,47-49,51,53-55,57,59-68H2,1-2H3,(H,77,80)/b7-5-,13-11-,19-17-,25-23-,31-29-,35-34-,40-38-,46-44-,52-50-,58-56-. The number of nitrogens with one attached hydrogen (secondary N) is 1. The lowest BCUT2D eigenvalue weighted by Gasteiger charge is -2.40. The number of allylic oxidation sites excluding steroid dienone is 20. The van der Waals surface area contributed by atoms with Crippen LogP contribution in [0.3, 0.4) is 0 Å². The smallest absolute Gasteiger partial charge is 0.220 e. The summed E-state index contributed by atoms with van der Waals surface area (Å²) < 4.78 is 11.3. The monoisotopic (exact) mass is 1190 g/mol. The van der Waals surface area contributed by atoms with Gasteiger partial charge in [0.25, 0.3) is 0 Å². The minimum Gasteiger partial charge on any atom is -0.394 e. The Morgan fingerprint density at radius 3 is 1.06 bits per heavy atom. The van der Waals surface area contributed by atoms with Gasteiger partial charge in [0.2, 0.25) is 5.91 Å². The van der Waals surface area contributed by atoms with Gasteiger partial charge in [0.1, 0.15) is 24.4 Å². The Morgan fingerprint density at radius 1 is 0.412 bits per heavy atom. The first-order valence-corrected chi connectivity index (χ1v) is 35.2. The summed E-state index contributed by atoms with van der Waals surface area (Å²) >= 11 is 0. The van der Waals surface area contributed by atoms with Gasteiger partial charge in [0.15, 0.2) is 6.29 Å². The van der Waals surface area contributed by atoms with Crippen LogP contribution in [0.25, 0.3) is 0 Å². The Balaban J connectivity index is 2.19. The van der Waals surface area contributed by atoms with Crippen molar-refractivity contribution in [2.45, 2.75) is 339 Å². The predicted octanol–water partition coefficient (Wildman–Crippen LogP) is 19.4. The lowest BCUT2D eigenvalue weighted by atomic mass is 9.99. The summed E-state index contributed by atoms with van der Waals surface area (Å²) in [6.07, 6.45) is 88.3. The first-order chi connectivity index (χ1) is 41.8. The zero-order valence-corrected chi connectivity index (χ0v) is 54.6. The zero-order chi connectivity index (χ0) is 61.4. The Kier molecular flexibility index (Phi) is 59.6. The maximum Gasteiger partial charge on any atom is 0.220 e. The number of aliphatic hydroxyl groups is 5. The second-order valence-electron chi connectivity index (χ2n) is 23.9. The number of hydrogen-bond donors (Lipinski definition) is 6. The molecule has 85 heavy (non-hydrogen) atoms. The molecule has 488 valence electrons. The minimum absolute atomic E-state index is 0.163. The molecule has 0 radical (unpaired) electrons. The van der Waals surface area contributed by atoms with Crippen molar-refractivity contribution in [3.8, 4) is 0 Å². The SMILES string of the molecule is CC/C=C\C/C=C\C/C=C\C/C=C\C/C=C\C/C=C\C/C=C\C/C=C\C/C=C\C/C=C\CCCCC(=O)NC(COC1OC(CO)C(O)C(O)C1O)C(O)CCCCCCCCCCCCCCCCCCCCCCCCCCCCCCC. The van der Waals surface area contributed by atoms with Gasteiger partial charge in [0.05, 0.1) is 25.4 Å². The zero-order valence-electron chi connectivity index (χ0n) is 54.6. The van der Waals surface area contributed by atoms with Gasteiger partial charge in [-0.1, -0.05) is 322 Å². The molecule has 0 bridgehead atoms. The summed E-state index contributed by atoms with van der Waals surface area (Å²) in [5, 5.41) is 54.9. The maximum atomic E-state index is 13.1. The van der Waals surface area contributed by atoms with Crippen molar-refractivity contribution in [3.05, 3.63) is 122 Å². The molecule has 0 aromatic carbocycles. The molecular formula is C76H131NO8. The van der Waals surface area contributed by atoms with Gasteiger partial charge in [-0.15, -0.1) is 0 Å². The molecular weight excluding hydrogens is 1050 g/mol. The molecule has 7 unspecified atom stereocenters. The Labute approximate surface area is 522 Å². The summed E-state index contributed by atoms with van der Waals surface area (Å²) in [6, 6.07) is -0.754. The van der Waals surface area contributed by atoms with Gasteiger partial charge < -0.3 is 40.3 Å². The van der Waals surface area contributed by atoms with Crippen LogP contribution in [0.1, 0.15) is 296 Å². The number of carbonyl (C=O) groups excluding carboxylic acids is 1. The van der Waals surface area contributed by atoms with E-state index in [1.807, 2.05) is 0 Å². The van der Waals surface area contributed by atoms with Crippen LogP contribution in [0.5, 0.6) is 0 Å². The van der Waals surface area contributed by atoms with Crippen LogP contribution in [0.15, 0.2) is 122 Å². The highest BCUT2D eigenvalue weighted by molar-refractivity contribution is 5.76. The third-order valence-corrected chi connectivity index (χ3v) is 16.1. The molecule has 1 aliphatic rings. The van der Waals surface area contributed by atoms with Crippen molar-refractivity contribution in [3.63, 3.8) is 0 Å². The first-order valence-electron chi connectivity index (χ1n) is 35.2. The molecule has 9 nitrogen and oxygen atoms in total. The van der Waals surface area contributed by atoms with E-state index in [1.54, 1.807) is 0 Å². The number of hydrogen-bond acceptors (Lipinski definition) is 8. The number of aliphatic hydroxyl groups excluding tert-OH is 5.